The Balaban J connectivity index is 1.56. The van der Waals surface area contributed by atoms with Crippen LogP contribution >= 0.6 is 0 Å². The average Bonchev–Trinajstić information content (AvgIpc) is 3.23. The molecule has 1 fully saturated rings. The number of carbonyl (C=O) groups is 1. The summed E-state index contributed by atoms with van der Waals surface area (Å²) < 4.78 is 7.70. The Kier molecular flexibility index (Phi) is 3.69. The molecule has 2 aromatic rings. The van der Waals surface area contributed by atoms with Crippen molar-refractivity contribution in [2.45, 2.75) is 25.4 Å². The lowest BCUT2D eigenvalue weighted by molar-refractivity contribution is -0.140. The van der Waals surface area contributed by atoms with Crippen molar-refractivity contribution < 1.29 is 9.53 Å². The molecule has 120 valence electrons. The van der Waals surface area contributed by atoms with Crippen molar-refractivity contribution in [2.24, 2.45) is 7.05 Å². The molecule has 4 nitrogen and oxygen atoms in total. The topological polar surface area (TPSA) is 34.5 Å². The predicted octanol–water partition coefficient (Wildman–Crippen LogP) is 2.97. The maximum Gasteiger partial charge on any atom is 0.251 e. The number of benzene rings is 1. The molecule has 1 aromatic carbocycles. The van der Waals surface area contributed by atoms with Crippen molar-refractivity contribution in [3.63, 3.8) is 0 Å². The lowest BCUT2D eigenvalue weighted by Gasteiger charge is -2.28. The first-order valence-corrected chi connectivity index (χ1v) is 8.38. The van der Waals surface area contributed by atoms with E-state index in [4.69, 9.17) is 4.74 Å². The average molecular weight is 310 g/mol. The molecule has 3 heterocycles. The molecule has 4 heteroatoms. The summed E-state index contributed by atoms with van der Waals surface area (Å²) in [4.78, 5) is 14.4. The van der Waals surface area contributed by atoms with E-state index < -0.39 is 0 Å². The zero-order valence-corrected chi connectivity index (χ0v) is 13.5. The van der Waals surface area contributed by atoms with Crippen LogP contribution in [0.3, 0.4) is 0 Å². The van der Waals surface area contributed by atoms with Crippen LogP contribution in [0.15, 0.2) is 36.5 Å². The zero-order valence-electron chi connectivity index (χ0n) is 13.5. The number of fused-ring (bicyclic) bond motifs is 1. The highest BCUT2D eigenvalue weighted by Gasteiger charge is 2.29. The highest BCUT2D eigenvalue weighted by Crippen LogP contribution is 2.30. The highest BCUT2D eigenvalue weighted by molar-refractivity contribution is 5.93. The molecule has 1 aromatic heterocycles. The Bertz CT molecular complexity index is 769. The number of aryl methyl sites for hydroxylation is 1. The fourth-order valence-electron chi connectivity index (χ4n) is 3.69. The van der Waals surface area contributed by atoms with Gasteiger partial charge in [0.05, 0.1) is 0 Å². The van der Waals surface area contributed by atoms with Gasteiger partial charge in [-0.2, -0.15) is 0 Å². The molecule has 1 amide bonds. The quantitative estimate of drug-likeness (QED) is 0.854. The van der Waals surface area contributed by atoms with Crippen LogP contribution < -0.4 is 0 Å². The van der Waals surface area contributed by atoms with Crippen molar-refractivity contribution in [1.29, 1.82) is 0 Å². The van der Waals surface area contributed by atoms with E-state index in [0.29, 0.717) is 6.54 Å². The van der Waals surface area contributed by atoms with Crippen molar-refractivity contribution in [1.82, 2.24) is 9.47 Å². The van der Waals surface area contributed by atoms with E-state index in [9.17, 15) is 4.79 Å². The van der Waals surface area contributed by atoms with Crippen LogP contribution in [0.1, 0.15) is 24.8 Å². The van der Waals surface area contributed by atoms with Gasteiger partial charge < -0.3 is 14.2 Å². The second kappa shape index (κ2) is 5.85. The van der Waals surface area contributed by atoms with Crippen LogP contribution in [-0.2, 0) is 16.6 Å². The zero-order chi connectivity index (χ0) is 15.8. The number of para-hydroxylation sites is 1. The maximum atomic E-state index is 12.4. The third kappa shape index (κ3) is 2.57. The van der Waals surface area contributed by atoms with Crippen molar-refractivity contribution in [3.8, 4) is 0 Å². The first kappa shape index (κ1) is 14.5. The van der Waals surface area contributed by atoms with Gasteiger partial charge >= 0.3 is 0 Å². The van der Waals surface area contributed by atoms with Crippen molar-refractivity contribution >= 4 is 22.4 Å². The summed E-state index contributed by atoms with van der Waals surface area (Å²) in [5.41, 5.74) is 3.90. The van der Waals surface area contributed by atoms with Gasteiger partial charge in [0.1, 0.15) is 6.10 Å². The van der Waals surface area contributed by atoms with Gasteiger partial charge in [0, 0.05) is 49.4 Å². The minimum Gasteiger partial charge on any atom is -0.368 e. The van der Waals surface area contributed by atoms with E-state index in [1.807, 2.05) is 4.90 Å². The number of carbonyl (C=O) groups excluding carboxylic acids is 1. The summed E-state index contributed by atoms with van der Waals surface area (Å²) in [7, 11) is 2.09. The third-order valence-electron chi connectivity index (χ3n) is 4.97. The molecule has 1 unspecified atom stereocenters. The monoisotopic (exact) mass is 310 g/mol. The molecule has 0 spiro atoms. The molecule has 1 atom stereocenters. The summed E-state index contributed by atoms with van der Waals surface area (Å²) in [6.07, 6.45) is 6.98. The molecular weight excluding hydrogens is 288 g/mol. The first-order chi connectivity index (χ1) is 11.2. The van der Waals surface area contributed by atoms with Gasteiger partial charge in [-0.25, -0.2) is 0 Å². The van der Waals surface area contributed by atoms with Crippen molar-refractivity contribution in [3.05, 3.63) is 42.1 Å². The minimum atomic E-state index is -0.206. The number of rotatable bonds is 2. The van der Waals surface area contributed by atoms with E-state index >= 15 is 0 Å². The molecule has 2 aliphatic rings. The Morgan fingerprint density at radius 1 is 1.30 bits per heavy atom. The molecule has 2 aliphatic heterocycles. The summed E-state index contributed by atoms with van der Waals surface area (Å²) in [6, 6.07) is 8.48. The Labute approximate surface area is 136 Å². The normalized spacial score (nSPS) is 21.7. The first-order valence-electron chi connectivity index (χ1n) is 8.38. The molecule has 0 radical (unpaired) electrons. The standard InChI is InChI=1S/C19H22N2O2/c1-20-13-16(15-5-2-3-6-17(15)20)14-8-10-21(11-9-14)19(22)18-7-4-12-23-18/h2-3,5-6,8,13,18H,4,7,9-12H2,1H3. The van der Waals surface area contributed by atoms with Gasteiger partial charge in [0.15, 0.2) is 0 Å². The van der Waals surface area contributed by atoms with Gasteiger partial charge in [0.2, 0.25) is 0 Å². The molecule has 0 saturated carbocycles. The Morgan fingerprint density at radius 2 is 2.17 bits per heavy atom. The largest absolute Gasteiger partial charge is 0.368 e. The summed E-state index contributed by atoms with van der Waals surface area (Å²) in [6.45, 7) is 2.20. The number of nitrogens with zero attached hydrogens (tertiary/aromatic N) is 2. The smallest absolute Gasteiger partial charge is 0.251 e. The molecule has 0 aliphatic carbocycles. The Morgan fingerprint density at radius 3 is 2.91 bits per heavy atom. The molecule has 0 N–H and O–H groups in total. The molecule has 1 saturated heterocycles. The number of hydrogen-bond acceptors (Lipinski definition) is 2. The lowest BCUT2D eigenvalue weighted by atomic mass is 9.98. The fourth-order valence-corrected chi connectivity index (χ4v) is 3.69. The van der Waals surface area contributed by atoms with Crippen LogP contribution in [0.25, 0.3) is 16.5 Å². The summed E-state index contributed by atoms with van der Waals surface area (Å²) >= 11 is 0. The summed E-state index contributed by atoms with van der Waals surface area (Å²) in [5.74, 6) is 0.163. The van der Waals surface area contributed by atoms with E-state index in [0.717, 1.165) is 32.4 Å². The number of hydrogen-bond donors (Lipinski definition) is 0. The van der Waals surface area contributed by atoms with Crippen LogP contribution in [0.5, 0.6) is 0 Å². The number of ether oxygens (including phenoxy) is 1. The number of aromatic nitrogens is 1. The molecule has 0 bridgehead atoms. The van der Waals surface area contributed by atoms with Gasteiger partial charge in [-0.15, -0.1) is 0 Å². The molecular formula is C19H22N2O2. The predicted molar refractivity (Wildman–Crippen MR) is 91.1 cm³/mol. The van der Waals surface area contributed by atoms with Crippen LogP contribution in [0.4, 0.5) is 0 Å². The van der Waals surface area contributed by atoms with E-state index in [-0.39, 0.29) is 12.0 Å². The highest BCUT2D eigenvalue weighted by atomic mass is 16.5. The fraction of sp³-hybridized carbons (Fsp3) is 0.421. The van der Waals surface area contributed by atoms with E-state index in [2.05, 4.69) is 48.2 Å². The van der Waals surface area contributed by atoms with Gasteiger partial charge in [-0.3, -0.25) is 4.79 Å². The minimum absolute atomic E-state index is 0.163. The van der Waals surface area contributed by atoms with Gasteiger partial charge in [-0.1, -0.05) is 24.3 Å². The van der Waals surface area contributed by atoms with Gasteiger partial charge in [-0.05, 0) is 30.9 Å². The van der Waals surface area contributed by atoms with Crippen LogP contribution in [0, 0.1) is 0 Å². The third-order valence-corrected chi connectivity index (χ3v) is 4.97. The van der Waals surface area contributed by atoms with Crippen LogP contribution in [0.2, 0.25) is 0 Å². The van der Waals surface area contributed by atoms with Gasteiger partial charge in [0.25, 0.3) is 5.91 Å². The molecule has 23 heavy (non-hydrogen) atoms. The molecule has 4 rings (SSSR count). The SMILES string of the molecule is Cn1cc(C2=CCN(C(=O)C3CCCO3)CC2)c2ccccc21. The summed E-state index contributed by atoms with van der Waals surface area (Å²) in [5, 5.41) is 1.29. The second-order valence-electron chi connectivity index (χ2n) is 6.44. The maximum absolute atomic E-state index is 12.4. The second-order valence-corrected chi connectivity index (χ2v) is 6.44. The van der Waals surface area contributed by atoms with E-state index in [1.165, 1.54) is 22.0 Å². The number of amides is 1. The Hall–Kier alpha value is -2.07. The van der Waals surface area contributed by atoms with Crippen LogP contribution in [-0.4, -0.2) is 41.2 Å². The lowest BCUT2D eigenvalue weighted by Crippen LogP contribution is -2.41. The van der Waals surface area contributed by atoms with Crippen molar-refractivity contribution in [2.75, 3.05) is 19.7 Å². The van der Waals surface area contributed by atoms with E-state index in [1.54, 1.807) is 0 Å².